The average molecular weight is 292 g/mol. The number of halogens is 1. The van der Waals surface area contributed by atoms with Crippen LogP contribution in [0.4, 0.5) is 0 Å². The van der Waals surface area contributed by atoms with E-state index in [0.717, 1.165) is 24.9 Å². The number of hydrogen-bond donors (Lipinski definition) is 0. The fraction of sp³-hybridized carbons (Fsp3) is 0.588. The van der Waals surface area contributed by atoms with Gasteiger partial charge in [-0.05, 0) is 43.4 Å². The van der Waals surface area contributed by atoms with Gasteiger partial charge >= 0.3 is 0 Å². The molecular weight excluding hydrogens is 270 g/mol. The number of nitrogens with zero attached hydrogens (tertiary/aromatic N) is 1. The van der Waals surface area contributed by atoms with E-state index < -0.39 is 0 Å². The number of benzene rings is 1. The number of fused-ring (bicyclic) bond motifs is 1. The fourth-order valence-electron chi connectivity index (χ4n) is 3.80. The van der Waals surface area contributed by atoms with E-state index >= 15 is 0 Å². The Hall–Kier alpha value is -0.860. The third-order valence-electron chi connectivity index (χ3n) is 4.92. The van der Waals surface area contributed by atoms with Crippen molar-refractivity contribution >= 4 is 17.4 Å². The first-order valence-electron chi connectivity index (χ1n) is 7.74. The lowest BCUT2D eigenvalue weighted by molar-refractivity contribution is 0.0713. The summed E-state index contributed by atoms with van der Waals surface area (Å²) in [5.41, 5.74) is 0.667. The molecule has 1 aliphatic carbocycles. The van der Waals surface area contributed by atoms with Crippen LogP contribution in [0.5, 0.6) is 0 Å². The van der Waals surface area contributed by atoms with E-state index in [1.807, 2.05) is 18.2 Å². The van der Waals surface area contributed by atoms with Gasteiger partial charge in [-0.3, -0.25) is 9.69 Å². The maximum atomic E-state index is 12.4. The van der Waals surface area contributed by atoms with Gasteiger partial charge in [0.05, 0.1) is 11.6 Å². The second-order valence-electron chi connectivity index (χ2n) is 6.23. The van der Waals surface area contributed by atoms with Gasteiger partial charge in [0.2, 0.25) is 0 Å². The van der Waals surface area contributed by atoms with Crippen LogP contribution in [-0.2, 0) is 0 Å². The SMILES string of the molecule is O=C(CN1CCC2CCCCC2C1)c1ccccc1Cl. The quantitative estimate of drug-likeness (QED) is 0.784. The molecule has 2 atom stereocenters. The highest BCUT2D eigenvalue weighted by atomic mass is 35.5. The summed E-state index contributed by atoms with van der Waals surface area (Å²) in [6.07, 6.45) is 6.78. The topological polar surface area (TPSA) is 20.3 Å². The van der Waals surface area contributed by atoms with Gasteiger partial charge in [-0.15, -0.1) is 0 Å². The Labute approximate surface area is 126 Å². The van der Waals surface area contributed by atoms with Crippen LogP contribution in [0.25, 0.3) is 0 Å². The molecule has 0 N–H and O–H groups in total. The standard InChI is InChI=1S/C17H22ClNO/c18-16-8-4-3-7-15(16)17(20)12-19-10-9-13-5-1-2-6-14(13)11-19/h3-4,7-8,13-14H,1-2,5-6,9-12H2. The van der Waals surface area contributed by atoms with Crippen molar-refractivity contribution < 1.29 is 4.79 Å². The Bertz CT molecular complexity index is 488. The van der Waals surface area contributed by atoms with E-state index in [-0.39, 0.29) is 5.78 Å². The maximum Gasteiger partial charge on any atom is 0.178 e. The van der Waals surface area contributed by atoms with Crippen LogP contribution < -0.4 is 0 Å². The third-order valence-corrected chi connectivity index (χ3v) is 5.25. The molecule has 1 aromatic carbocycles. The van der Waals surface area contributed by atoms with Crippen LogP contribution in [0.3, 0.4) is 0 Å². The van der Waals surface area contributed by atoms with Crippen molar-refractivity contribution in [3.63, 3.8) is 0 Å². The molecule has 0 spiro atoms. The van der Waals surface area contributed by atoms with Crippen LogP contribution in [0, 0.1) is 11.8 Å². The van der Waals surface area contributed by atoms with Gasteiger partial charge in [-0.2, -0.15) is 0 Å². The largest absolute Gasteiger partial charge is 0.296 e. The lowest BCUT2D eigenvalue weighted by atomic mass is 9.75. The molecule has 3 rings (SSSR count). The molecule has 20 heavy (non-hydrogen) atoms. The number of rotatable bonds is 3. The van der Waals surface area contributed by atoms with E-state index in [1.54, 1.807) is 6.07 Å². The van der Waals surface area contributed by atoms with Gasteiger partial charge in [0.1, 0.15) is 0 Å². The highest BCUT2D eigenvalue weighted by Crippen LogP contribution is 2.36. The first kappa shape index (κ1) is 14.1. The zero-order valence-electron chi connectivity index (χ0n) is 11.9. The van der Waals surface area contributed by atoms with E-state index in [2.05, 4.69) is 4.90 Å². The molecule has 1 aromatic rings. The molecule has 1 aliphatic heterocycles. The van der Waals surface area contributed by atoms with Crippen molar-refractivity contribution in [1.29, 1.82) is 0 Å². The Balaban J connectivity index is 1.61. The summed E-state index contributed by atoms with van der Waals surface area (Å²) in [6, 6.07) is 7.37. The molecule has 2 fully saturated rings. The van der Waals surface area contributed by atoms with Crippen molar-refractivity contribution in [3.8, 4) is 0 Å². The van der Waals surface area contributed by atoms with Crippen LogP contribution >= 0.6 is 11.6 Å². The molecule has 1 heterocycles. The molecule has 0 radical (unpaired) electrons. The van der Waals surface area contributed by atoms with Crippen LogP contribution in [0.2, 0.25) is 5.02 Å². The van der Waals surface area contributed by atoms with Gasteiger partial charge in [0.25, 0.3) is 0 Å². The molecule has 1 saturated carbocycles. The summed E-state index contributed by atoms with van der Waals surface area (Å²) in [4.78, 5) is 14.7. The lowest BCUT2D eigenvalue weighted by Gasteiger charge is -2.41. The van der Waals surface area contributed by atoms with E-state index in [1.165, 1.54) is 32.1 Å². The number of piperidine rings is 1. The second-order valence-corrected chi connectivity index (χ2v) is 6.64. The van der Waals surface area contributed by atoms with Crippen molar-refractivity contribution in [2.24, 2.45) is 11.8 Å². The first-order valence-corrected chi connectivity index (χ1v) is 8.12. The summed E-state index contributed by atoms with van der Waals surface area (Å²) in [6.45, 7) is 2.69. The summed E-state index contributed by atoms with van der Waals surface area (Å²) >= 11 is 6.11. The first-order chi connectivity index (χ1) is 9.74. The molecule has 0 bridgehead atoms. The number of carbonyl (C=O) groups excluding carboxylic acids is 1. The van der Waals surface area contributed by atoms with Crippen LogP contribution in [0.1, 0.15) is 42.5 Å². The van der Waals surface area contributed by atoms with Gasteiger partial charge in [0, 0.05) is 12.1 Å². The summed E-state index contributed by atoms with van der Waals surface area (Å²) in [5, 5.41) is 0.574. The predicted molar refractivity (Wildman–Crippen MR) is 82.3 cm³/mol. The number of carbonyl (C=O) groups is 1. The Kier molecular flexibility index (Phi) is 4.42. The molecule has 2 unspecified atom stereocenters. The van der Waals surface area contributed by atoms with E-state index in [0.29, 0.717) is 17.1 Å². The van der Waals surface area contributed by atoms with Gasteiger partial charge in [-0.25, -0.2) is 0 Å². The minimum Gasteiger partial charge on any atom is -0.296 e. The van der Waals surface area contributed by atoms with Gasteiger partial charge < -0.3 is 0 Å². The molecule has 2 aliphatic rings. The number of ketones is 1. The Morgan fingerprint density at radius 3 is 2.70 bits per heavy atom. The Morgan fingerprint density at radius 1 is 1.15 bits per heavy atom. The van der Waals surface area contributed by atoms with Gasteiger partial charge in [-0.1, -0.05) is 43.0 Å². The summed E-state index contributed by atoms with van der Waals surface area (Å²) < 4.78 is 0. The molecular formula is C17H22ClNO. The summed E-state index contributed by atoms with van der Waals surface area (Å²) in [5.74, 6) is 1.89. The molecule has 1 saturated heterocycles. The smallest absolute Gasteiger partial charge is 0.178 e. The fourth-order valence-corrected chi connectivity index (χ4v) is 4.04. The third kappa shape index (κ3) is 3.07. The number of Topliss-reactive ketones (excluding diaryl/α,β-unsaturated/α-hetero) is 1. The minimum absolute atomic E-state index is 0.157. The average Bonchev–Trinajstić information content (AvgIpc) is 2.47. The van der Waals surface area contributed by atoms with Crippen molar-refractivity contribution in [2.45, 2.75) is 32.1 Å². The molecule has 3 heteroatoms. The van der Waals surface area contributed by atoms with Crippen molar-refractivity contribution in [3.05, 3.63) is 34.9 Å². The van der Waals surface area contributed by atoms with Gasteiger partial charge in [0.15, 0.2) is 5.78 Å². The minimum atomic E-state index is 0.157. The number of likely N-dealkylation sites (tertiary alicyclic amines) is 1. The van der Waals surface area contributed by atoms with Crippen molar-refractivity contribution in [1.82, 2.24) is 4.90 Å². The lowest BCUT2D eigenvalue weighted by Crippen LogP contribution is -2.43. The molecule has 2 nitrogen and oxygen atoms in total. The molecule has 0 amide bonds. The molecule has 108 valence electrons. The van der Waals surface area contributed by atoms with E-state index in [9.17, 15) is 4.79 Å². The van der Waals surface area contributed by atoms with E-state index in [4.69, 9.17) is 11.6 Å². The number of hydrogen-bond acceptors (Lipinski definition) is 2. The zero-order valence-corrected chi connectivity index (χ0v) is 12.6. The maximum absolute atomic E-state index is 12.4. The predicted octanol–water partition coefficient (Wildman–Crippen LogP) is 4.03. The summed E-state index contributed by atoms with van der Waals surface area (Å²) in [7, 11) is 0. The monoisotopic (exact) mass is 291 g/mol. The second kappa shape index (κ2) is 6.28. The van der Waals surface area contributed by atoms with Crippen molar-refractivity contribution in [2.75, 3.05) is 19.6 Å². The van der Waals surface area contributed by atoms with Crippen LogP contribution in [0.15, 0.2) is 24.3 Å². The van der Waals surface area contributed by atoms with Crippen LogP contribution in [-0.4, -0.2) is 30.3 Å². The Morgan fingerprint density at radius 2 is 1.90 bits per heavy atom. The molecule has 0 aromatic heterocycles. The highest BCUT2D eigenvalue weighted by Gasteiger charge is 2.31. The normalized spacial score (nSPS) is 27.1. The highest BCUT2D eigenvalue weighted by molar-refractivity contribution is 6.34. The zero-order chi connectivity index (χ0) is 13.9.